The molecule has 0 aliphatic rings. The number of methoxy groups -OCH3 is 2. The molecule has 0 fully saturated rings. The molecule has 0 saturated heterocycles. The molecule has 0 radical (unpaired) electrons. The topological polar surface area (TPSA) is 53.4 Å². The third kappa shape index (κ3) is 3.29. The van der Waals surface area contributed by atoms with Gasteiger partial charge in [-0.25, -0.2) is 4.68 Å². The molecule has 3 rings (SSSR count). The minimum absolute atomic E-state index is 0.0656. The van der Waals surface area contributed by atoms with Gasteiger partial charge in [0.25, 0.3) is 5.56 Å². The molecule has 1 aromatic heterocycles. The third-order valence-electron chi connectivity index (χ3n) is 4.34. The Kier molecular flexibility index (Phi) is 4.72. The van der Waals surface area contributed by atoms with Gasteiger partial charge in [-0.3, -0.25) is 4.79 Å². The van der Waals surface area contributed by atoms with Crippen LogP contribution >= 0.6 is 0 Å². The fourth-order valence-electron chi connectivity index (χ4n) is 3.02. The molecule has 0 amide bonds. The van der Waals surface area contributed by atoms with E-state index >= 15 is 0 Å². The van der Waals surface area contributed by atoms with Gasteiger partial charge in [0.2, 0.25) is 0 Å². The van der Waals surface area contributed by atoms with Gasteiger partial charge in [-0.15, -0.1) is 0 Å². The first kappa shape index (κ1) is 18.0. The van der Waals surface area contributed by atoms with Crippen molar-refractivity contribution in [3.8, 4) is 11.5 Å². The summed E-state index contributed by atoms with van der Waals surface area (Å²) in [7, 11) is 3.24. The average molecular weight is 352 g/mol. The lowest BCUT2D eigenvalue weighted by Gasteiger charge is -2.22. The van der Waals surface area contributed by atoms with E-state index in [1.54, 1.807) is 18.9 Å². The highest BCUT2D eigenvalue weighted by molar-refractivity contribution is 5.83. The number of fused-ring (bicyclic) bond motifs is 1. The number of ether oxygens (including phenoxy) is 2. The molecular weight excluding hydrogens is 328 g/mol. The molecule has 0 unspecified atom stereocenters. The molecule has 0 bridgehead atoms. The largest absolute Gasteiger partial charge is 0.493 e. The van der Waals surface area contributed by atoms with Crippen molar-refractivity contribution in [2.24, 2.45) is 0 Å². The van der Waals surface area contributed by atoms with E-state index in [9.17, 15) is 4.79 Å². The maximum Gasteiger partial charge on any atom is 0.275 e. The van der Waals surface area contributed by atoms with Crippen LogP contribution in [-0.2, 0) is 12.0 Å². The van der Waals surface area contributed by atoms with Gasteiger partial charge < -0.3 is 9.47 Å². The van der Waals surface area contributed by atoms with Crippen molar-refractivity contribution in [2.45, 2.75) is 32.7 Å². The number of nitrogens with zero attached hydrogens (tertiary/aromatic N) is 2. The maximum atomic E-state index is 12.8. The molecule has 0 aliphatic carbocycles. The highest BCUT2D eigenvalue weighted by atomic mass is 16.5. The molecule has 2 aromatic carbocycles. The second-order valence-electron chi connectivity index (χ2n) is 7.25. The van der Waals surface area contributed by atoms with Gasteiger partial charge in [-0.1, -0.05) is 24.3 Å². The van der Waals surface area contributed by atoms with Crippen molar-refractivity contribution >= 4 is 10.8 Å². The Bertz CT molecular complexity index is 1000. The number of benzene rings is 2. The highest BCUT2D eigenvalue weighted by Gasteiger charge is 2.20. The van der Waals surface area contributed by atoms with E-state index in [2.05, 4.69) is 0 Å². The Hall–Kier alpha value is -2.82. The molecule has 1 heterocycles. The fourth-order valence-corrected chi connectivity index (χ4v) is 3.02. The van der Waals surface area contributed by atoms with Crippen LogP contribution < -0.4 is 15.0 Å². The average Bonchev–Trinajstić information content (AvgIpc) is 2.63. The predicted octanol–water partition coefficient (Wildman–Crippen LogP) is 3.76. The first-order chi connectivity index (χ1) is 12.3. The van der Waals surface area contributed by atoms with Crippen LogP contribution in [0.1, 0.15) is 32.0 Å². The zero-order chi connectivity index (χ0) is 18.9. The summed E-state index contributed by atoms with van der Waals surface area (Å²) in [6.07, 6.45) is 0.594. The smallest absolute Gasteiger partial charge is 0.275 e. The lowest BCUT2D eigenvalue weighted by Crippen LogP contribution is -2.36. The summed E-state index contributed by atoms with van der Waals surface area (Å²) in [6.45, 7) is 5.95. The van der Waals surface area contributed by atoms with E-state index in [0.717, 1.165) is 16.6 Å². The Balaban J connectivity index is 2.16. The van der Waals surface area contributed by atoms with E-state index in [1.807, 2.05) is 63.2 Å². The highest BCUT2D eigenvalue weighted by Crippen LogP contribution is 2.29. The molecular formula is C21H24N2O3. The monoisotopic (exact) mass is 352 g/mol. The van der Waals surface area contributed by atoms with Crippen LogP contribution in [-0.4, -0.2) is 24.0 Å². The minimum Gasteiger partial charge on any atom is -0.493 e. The van der Waals surface area contributed by atoms with Crippen molar-refractivity contribution in [3.63, 3.8) is 0 Å². The van der Waals surface area contributed by atoms with E-state index in [-0.39, 0.29) is 5.56 Å². The van der Waals surface area contributed by atoms with Crippen molar-refractivity contribution in [2.75, 3.05) is 14.2 Å². The zero-order valence-corrected chi connectivity index (χ0v) is 15.9. The molecule has 26 heavy (non-hydrogen) atoms. The summed E-state index contributed by atoms with van der Waals surface area (Å²) in [6, 6.07) is 13.5. The second kappa shape index (κ2) is 6.83. The molecule has 0 saturated carbocycles. The first-order valence-electron chi connectivity index (χ1n) is 8.57. The summed E-state index contributed by atoms with van der Waals surface area (Å²) < 4.78 is 12.3. The van der Waals surface area contributed by atoms with Gasteiger partial charge in [-0.2, -0.15) is 5.10 Å². The fraction of sp³-hybridized carbons (Fsp3) is 0.333. The normalized spacial score (nSPS) is 11.6. The van der Waals surface area contributed by atoms with Gasteiger partial charge in [-0.05, 0) is 44.5 Å². The molecule has 0 aliphatic heterocycles. The predicted molar refractivity (Wildman–Crippen MR) is 103 cm³/mol. The Morgan fingerprint density at radius 2 is 1.62 bits per heavy atom. The van der Waals surface area contributed by atoms with Crippen LogP contribution in [0.3, 0.4) is 0 Å². The van der Waals surface area contributed by atoms with Crippen LogP contribution in [0.5, 0.6) is 11.5 Å². The molecule has 0 N–H and O–H groups in total. The number of rotatable bonds is 4. The van der Waals surface area contributed by atoms with Gasteiger partial charge in [0.1, 0.15) is 0 Å². The van der Waals surface area contributed by atoms with Crippen molar-refractivity contribution in [3.05, 3.63) is 64.1 Å². The van der Waals surface area contributed by atoms with Crippen LogP contribution in [0.2, 0.25) is 0 Å². The molecule has 0 atom stereocenters. The number of hydrogen-bond acceptors (Lipinski definition) is 4. The van der Waals surface area contributed by atoms with Gasteiger partial charge in [0, 0.05) is 11.8 Å². The quantitative estimate of drug-likeness (QED) is 0.717. The van der Waals surface area contributed by atoms with E-state index < -0.39 is 5.54 Å². The molecule has 0 spiro atoms. The van der Waals surface area contributed by atoms with E-state index in [0.29, 0.717) is 23.3 Å². The first-order valence-corrected chi connectivity index (χ1v) is 8.57. The van der Waals surface area contributed by atoms with Gasteiger partial charge in [0.15, 0.2) is 11.5 Å². The number of hydrogen-bond donors (Lipinski definition) is 0. The Morgan fingerprint density at radius 3 is 2.23 bits per heavy atom. The Morgan fingerprint density at radius 1 is 0.962 bits per heavy atom. The zero-order valence-electron chi connectivity index (χ0n) is 15.9. The van der Waals surface area contributed by atoms with Gasteiger partial charge in [0.05, 0.1) is 30.8 Å². The van der Waals surface area contributed by atoms with E-state index in [1.165, 1.54) is 0 Å². The van der Waals surface area contributed by atoms with E-state index in [4.69, 9.17) is 14.6 Å². The summed E-state index contributed by atoms with van der Waals surface area (Å²) in [5.74, 6) is 1.37. The van der Waals surface area contributed by atoms with Crippen LogP contribution in [0.4, 0.5) is 0 Å². The lowest BCUT2D eigenvalue weighted by molar-refractivity contribution is 0.337. The molecule has 3 aromatic rings. The van der Waals surface area contributed by atoms with Gasteiger partial charge >= 0.3 is 0 Å². The standard InChI is InChI=1S/C21H24N2O3/c1-21(2,3)23-20(24)16-9-7-6-8-15(16)17(22-23)12-14-10-11-18(25-4)19(13-14)26-5/h6-11,13H,12H2,1-5H3. The molecule has 136 valence electrons. The van der Waals surface area contributed by atoms with Crippen molar-refractivity contribution < 1.29 is 9.47 Å². The summed E-state index contributed by atoms with van der Waals surface area (Å²) >= 11 is 0. The number of aromatic nitrogens is 2. The summed E-state index contributed by atoms with van der Waals surface area (Å²) in [4.78, 5) is 12.8. The maximum absolute atomic E-state index is 12.8. The van der Waals surface area contributed by atoms with Crippen molar-refractivity contribution in [1.82, 2.24) is 9.78 Å². The summed E-state index contributed by atoms with van der Waals surface area (Å²) in [5, 5.41) is 6.27. The van der Waals surface area contributed by atoms with Crippen LogP contribution in [0.15, 0.2) is 47.3 Å². The Labute approximate surface area is 153 Å². The van der Waals surface area contributed by atoms with Crippen LogP contribution in [0.25, 0.3) is 10.8 Å². The minimum atomic E-state index is -0.395. The second-order valence-corrected chi connectivity index (χ2v) is 7.25. The lowest BCUT2D eigenvalue weighted by atomic mass is 10.0. The van der Waals surface area contributed by atoms with Crippen molar-refractivity contribution in [1.29, 1.82) is 0 Å². The molecule has 5 heteroatoms. The molecule has 5 nitrogen and oxygen atoms in total. The summed E-state index contributed by atoms with van der Waals surface area (Å²) in [5.41, 5.74) is 1.44. The van der Waals surface area contributed by atoms with Crippen LogP contribution in [0, 0.1) is 0 Å². The SMILES string of the molecule is COc1ccc(Cc2nn(C(C)(C)C)c(=O)c3ccccc23)cc1OC. The third-order valence-corrected chi connectivity index (χ3v) is 4.34.